The molecule has 0 radical (unpaired) electrons. The largest absolute Gasteiger partial charge is 0.457 e. The van der Waals surface area contributed by atoms with Gasteiger partial charge in [-0.1, -0.05) is 54.6 Å². The Balaban J connectivity index is 1.58. The second-order valence-corrected chi connectivity index (χ2v) is 8.93. The summed E-state index contributed by atoms with van der Waals surface area (Å²) in [6.45, 7) is 0.0135. The summed E-state index contributed by atoms with van der Waals surface area (Å²) in [5, 5.41) is 4.70. The lowest BCUT2D eigenvalue weighted by atomic mass is 10.1. The van der Waals surface area contributed by atoms with Crippen molar-refractivity contribution in [2.45, 2.75) is 6.61 Å². The first-order chi connectivity index (χ1) is 15.4. The number of carbonyl (C=O) groups is 1. The Kier molecular flexibility index (Phi) is 6.04. The van der Waals surface area contributed by atoms with Gasteiger partial charge in [-0.05, 0) is 30.3 Å². The predicted octanol–water partition coefficient (Wildman–Crippen LogP) is 4.27. The van der Waals surface area contributed by atoms with Crippen molar-refractivity contribution in [3.63, 3.8) is 0 Å². The third kappa shape index (κ3) is 5.22. The number of aromatic nitrogens is 2. The minimum Gasteiger partial charge on any atom is -0.457 e. The molecule has 0 atom stereocenters. The van der Waals surface area contributed by atoms with Gasteiger partial charge in [0.05, 0.1) is 23.2 Å². The highest BCUT2D eigenvalue weighted by molar-refractivity contribution is 7.92. The van der Waals surface area contributed by atoms with Crippen LogP contribution in [0.1, 0.15) is 15.9 Å². The van der Waals surface area contributed by atoms with Crippen LogP contribution in [0.25, 0.3) is 16.9 Å². The van der Waals surface area contributed by atoms with Crippen LogP contribution in [0.5, 0.6) is 0 Å². The maximum absolute atomic E-state index is 12.6. The Morgan fingerprint density at radius 3 is 2.34 bits per heavy atom. The number of ether oxygens (including phenoxy) is 1. The molecule has 0 saturated heterocycles. The van der Waals surface area contributed by atoms with Gasteiger partial charge in [0.25, 0.3) is 0 Å². The molecular formula is C24H21N3O4S. The van der Waals surface area contributed by atoms with Gasteiger partial charge in [0.2, 0.25) is 10.0 Å². The molecule has 4 aromatic rings. The van der Waals surface area contributed by atoms with E-state index in [0.717, 1.165) is 28.8 Å². The highest BCUT2D eigenvalue weighted by Gasteiger charge is 2.16. The topological polar surface area (TPSA) is 90.3 Å². The van der Waals surface area contributed by atoms with E-state index in [4.69, 9.17) is 9.84 Å². The molecule has 162 valence electrons. The summed E-state index contributed by atoms with van der Waals surface area (Å²) in [5.74, 6) is -0.561. The first-order valence-corrected chi connectivity index (χ1v) is 11.7. The molecule has 0 fully saturated rings. The average molecular weight is 448 g/mol. The van der Waals surface area contributed by atoms with Gasteiger partial charge < -0.3 is 4.74 Å². The molecule has 1 heterocycles. The molecule has 0 aliphatic carbocycles. The third-order valence-corrected chi connectivity index (χ3v) is 5.22. The second-order valence-electron chi connectivity index (χ2n) is 7.18. The van der Waals surface area contributed by atoms with Crippen molar-refractivity contribution in [1.82, 2.24) is 9.78 Å². The van der Waals surface area contributed by atoms with E-state index in [-0.39, 0.29) is 12.2 Å². The van der Waals surface area contributed by atoms with Crippen molar-refractivity contribution in [1.29, 1.82) is 0 Å². The molecule has 1 N–H and O–H groups in total. The Morgan fingerprint density at radius 1 is 0.969 bits per heavy atom. The van der Waals surface area contributed by atoms with Gasteiger partial charge in [0.1, 0.15) is 6.61 Å². The van der Waals surface area contributed by atoms with Gasteiger partial charge in [-0.25, -0.2) is 17.9 Å². The van der Waals surface area contributed by atoms with E-state index >= 15 is 0 Å². The minimum absolute atomic E-state index is 0.0135. The summed E-state index contributed by atoms with van der Waals surface area (Å²) < 4.78 is 32.5. The molecule has 0 spiro atoms. The molecule has 0 bridgehead atoms. The molecule has 8 heteroatoms. The van der Waals surface area contributed by atoms with Gasteiger partial charge in [-0.3, -0.25) is 4.72 Å². The van der Waals surface area contributed by atoms with Gasteiger partial charge in [0.15, 0.2) is 0 Å². The lowest BCUT2D eigenvalue weighted by Gasteiger charge is -2.08. The number of carbonyl (C=O) groups excluding carboxylic acids is 1. The molecule has 1 aromatic heterocycles. The number of esters is 1. The van der Waals surface area contributed by atoms with E-state index in [9.17, 15) is 13.2 Å². The maximum Gasteiger partial charge on any atom is 0.338 e. The van der Waals surface area contributed by atoms with Crippen LogP contribution in [0.15, 0.2) is 91.1 Å². The van der Waals surface area contributed by atoms with Gasteiger partial charge >= 0.3 is 5.97 Å². The van der Waals surface area contributed by atoms with E-state index in [1.165, 1.54) is 6.07 Å². The lowest BCUT2D eigenvalue weighted by molar-refractivity contribution is 0.0473. The fraction of sp³-hybridized carbons (Fsp3) is 0.0833. The molecule has 3 aromatic carbocycles. The van der Waals surface area contributed by atoms with Crippen LogP contribution in [0.3, 0.4) is 0 Å². The number of rotatable bonds is 7. The molecule has 0 amide bonds. The summed E-state index contributed by atoms with van der Waals surface area (Å²) in [6, 6.07) is 25.5. The van der Waals surface area contributed by atoms with Crippen molar-refractivity contribution in [2.24, 2.45) is 0 Å². The van der Waals surface area contributed by atoms with Crippen LogP contribution in [0.4, 0.5) is 5.69 Å². The molecule has 0 unspecified atom stereocenters. The number of para-hydroxylation sites is 1. The highest BCUT2D eigenvalue weighted by atomic mass is 32.2. The molecule has 4 rings (SSSR count). The summed E-state index contributed by atoms with van der Waals surface area (Å²) in [4.78, 5) is 12.6. The van der Waals surface area contributed by atoms with E-state index in [1.54, 1.807) is 22.9 Å². The first-order valence-electron chi connectivity index (χ1n) is 9.83. The van der Waals surface area contributed by atoms with Gasteiger partial charge in [0, 0.05) is 23.0 Å². The standard InChI is InChI=1S/C24H21N3O4S/c1-32(29,30)26-21-12-8-11-19(15-21)24(28)31-17-20-16-27(22-13-6-3-7-14-22)25-23(20)18-9-4-2-5-10-18/h2-16,26H,17H2,1H3. The molecular weight excluding hydrogens is 426 g/mol. The number of hydrogen-bond acceptors (Lipinski definition) is 5. The normalized spacial score (nSPS) is 11.2. The second kappa shape index (κ2) is 9.07. The molecule has 7 nitrogen and oxygen atoms in total. The third-order valence-electron chi connectivity index (χ3n) is 4.62. The van der Waals surface area contributed by atoms with Crippen LogP contribution in [-0.4, -0.2) is 30.4 Å². The number of sulfonamides is 1. The van der Waals surface area contributed by atoms with Crippen LogP contribution < -0.4 is 4.72 Å². The van der Waals surface area contributed by atoms with Crippen molar-refractivity contribution in [2.75, 3.05) is 11.0 Å². The van der Waals surface area contributed by atoms with E-state index in [1.807, 2.05) is 66.9 Å². The zero-order valence-corrected chi connectivity index (χ0v) is 18.1. The Hall–Kier alpha value is -3.91. The maximum atomic E-state index is 12.6. The lowest BCUT2D eigenvalue weighted by Crippen LogP contribution is -2.11. The van der Waals surface area contributed by atoms with Gasteiger partial charge in [-0.2, -0.15) is 5.10 Å². The SMILES string of the molecule is CS(=O)(=O)Nc1cccc(C(=O)OCc2cn(-c3ccccc3)nc2-c2ccccc2)c1. The van der Waals surface area contributed by atoms with E-state index in [2.05, 4.69) is 4.72 Å². The number of benzene rings is 3. The van der Waals surface area contributed by atoms with Crippen LogP contribution in [0.2, 0.25) is 0 Å². The van der Waals surface area contributed by atoms with Crippen molar-refractivity contribution in [3.8, 4) is 16.9 Å². The highest BCUT2D eigenvalue weighted by Crippen LogP contribution is 2.25. The van der Waals surface area contributed by atoms with Gasteiger partial charge in [-0.15, -0.1) is 0 Å². The Labute approximate surface area is 186 Å². The van der Waals surface area contributed by atoms with Crippen LogP contribution >= 0.6 is 0 Å². The number of anilines is 1. The predicted molar refractivity (Wildman–Crippen MR) is 123 cm³/mol. The molecule has 0 saturated carbocycles. The first kappa shape index (κ1) is 21.3. The molecule has 32 heavy (non-hydrogen) atoms. The summed E-state index contributed by atoms with van der Waals surface area (Å²) >= 11 is 0. The Morgan fingerprint density at radius 2 is 1.66 bits per heavy atom. The van der Waals surface area contributed by atoms with Crippen molar-refractivity contribution in [3.05, 3.63) is 102 Å². The average Bonchev–Trinajstić information content (AvgIpc) is 3.22. The van der Waals surface area contributed by atoms with Crippen LogP contribution in [0, 0.1) is 0 Å². The van der Waals surface area contributed by atoms with Crippen LogP contribution in [-0.2, 0) is 21.4 Å². The zero-order chi connectivity index (χ0) is 22.6. The number of hydrogen-bond donors (Lipinski definition) is 1. The van der Waals surface area contributed by atoms with E-state index < -0.39 is 16.0 Å². The monoisotopic (exact) mass is 447 g/mol. The van der Waals surface area contributed by atoms with Crippen molar-refractivity contribution < 1.29 is 17.9 Å². The zero-order valence-electron chi connectivity index (χ0n) is 17.3. The minimum atomic E-state index is -3.45. The Bertz CT molecular complexity index is 1330. The smallest absolute Gasteiger partial charge is 0.338 e. The number of nitrogens with one attached hydrogen (secondary N) is 1. The summed E-state index contributed by atoms with van der Waals surface area (Å²) in [5.41, 5.74) is 3.81. The summed E-state index contributed by atoms with van der Waals surface area (Å²) in [7, 11) is -3.45. The number of nitrogens with zero attached hydrogens (tertiary/aromatic N) is 2. The fourth-order valence-electron chi connectivity index (χ4n) is 3.22. The fourth-order valence-corrected chi connectivity index (χ4v) is 3.77. The van der Waals surface area contributed by atoms with Crippen molar-refractivity contribution >= 4 is 21.7 Å². The summed E-state index contributed by atoms with van der Waals surface area (Å²) in [6.07, 6.45) is 2.89. The molecule has 0 aliphatic rings. The quantitative estimate of drug-likeness (QED) is 0.427. The molecule has 0 aliphatic heterocycles. The van der Waals surface area contributed by atoms with E-state index in [0.29, 0.717) is 5.69 Å².